The van der Waals surface area contributed by atoms with Crippen molar-refractivity contribution in [3.05, 3.63) is 65.0 Å². The van der Waals surface area contributed by atoms with Gasteiger partial charge in [-0.25, -0.2) is 4.98 Å². The quantitative estimate of drug-likeness (QED) is 0.478. The zero-order chi connectivity index (χ0) is 26.4. The molecule has 0 spiro atoms. The molecule has 0 atom stereocenters. The average Bonchev–Trinajstić information content (AvgIpc) is 3.18. The Hall–Kier alpha value is -3.36. The summed E-state index contributed by atoms with van der Waals surface area (Å²) in [5.41, 5.74) is 2.21. The molecule has 196 valence electrons. The van der Waals surface area contributed by atoms with Crippen molar-refractivity contribution in [3.63, 3.8) is 0 Å². The number of fused-ring (bicyclic) bond motifs is 3. The number of aromatic nitrogens is 2. The Bertz CT molecular complexity index is 1320. The summed E-state index contributed by atoms with van der Waals surface area (Å²) in [5.74, 6) is -0.523. The van der Waals surface area contributed by atoms with Crippen molar-refractivity contribution in [3.8, 4) is 0 Å². The predicted octanol–water partition coefficient (Wildman–Crippen LogP) is 5.66. The van der Waals surface area contributed by atoms with Gasteiger partial charge in [0.2, 0.25) is 5.91 Å². The minimum absolute atomic E-state index is 0.0638. The first-order valence-corrected chi connectivity index (χ1v) is 12.7. The second kappa shape index (κ2) is 9.50. The molecule has 1 N–H and O–H groups in total. The molecule has 1 aliphatic heterocycles. The zero-order valence-electron chi connectivity index (χ0n) is 20.7. The molecule has 1 amide bonds. The van der Waals surface area contributed by atoms with Crippen LogP contribution in [-0.4, -0.2) is 38.0 Å². The van der Waals surface area contributed by atoms with Gasteiger partial charge in [0, 0.05) is 36.8 Å². The molecule has 0 saturated heterocycles. The highest BCUT2D eigenvalue weighted by molar-refractivity contribution is 5.84. The van der Waals surface area contributed by atoms with Crippen LogP contribution in [0.4, 0.5) is 13.2 Å². The number of pyridine rings is 1. The number of nitrogens with zero attached hydrogens (tertiary/aromatic N) is 3. The molecule has 1 saturated carbocycles. The number of rotatable bonds is 5. The fourth-order valence-corrected chi connectivity index (χ4v) is 5.73. The number of hydrogen-bond acceptors (Lipinski definition) is 3. The molecular weight excluding hydrogens is 483 g/mol. The Balaban J connectivity index is 1.34. The molecule has 5 rings (SSSR count). The number of benzene rings is 1. The standard InChI is InChI=1S/C28H30F3N3O3/c1-27(26(36)37)11-8-18(9-12-27)15-24(35)33-14-10-21-22-3-2-13-32-25(22)34(23(21)17-33)16-19-4-6-20(7-5-19)28(29,30)31/h2-7,13,18H,8-12,14-17H2,1H3,(H,36,37). The van der Waals surface area contributed by atoms with Gasteiger partial charge in [-0.2, -0.15) is 13.2 Å². The van der Waals surface area contributed by atoms with Gasteiger partial charge in [0.15, 0.2) is 0 Å². The maximum absolute atomic E-state index is 13.3. The number of halogens is 3. The van der Waals surface area contributed by atoms with Gasteiger partial charge < -0.3 is 14.6 Å². The largest absolute Gasteiger partial charge is 0.481 e. The summed E-state index contributed by atoms with van der Waals surface area (Å²) in [6.07, 6.45) is 1.03. The van der Waals surface area contributed by atoms with E-state index in [0.29, 0.717) is 45.3 Å². The third kappa shape index (κ3) is 4.95. The number of hydrogen-bond donors (Lipinski definition) is 1. The lowest BCUT2D eigenvalue weighted by Crippen LogP contribution is -2.39. The molecule has 6 nitrogen and oxygen atoms in total. The number of aliphatic carboxylic acids is 1. The van der Waals surface area contributed by atoms with Crippen molar-refractivity contribution in [2.75, 3.05) is 6.54 Å². The maximum Gasteiger partial charge on any atom is 0.416 e. The lowest BCUT2D eigenvalue weighted by Gasteiger charge is -2.35. The van der Waals surface area contributed by atoms with E-state index in [4.69, 9.17) is 0 Å². The monoisotopic (exact) mass is 513 g/mol. The van der Waals surface area contributed by atoms with E-state index in [-0.39, 0.29) is 11.8 Å². The van der Waals surface area contributed by atoms with Gasteiger partial charge in [0.05, 0.1) is 17.5 Å². The highest BCUT2D eigenvalue weighted by Gasteiger charge is 2.38. The average molecular weight is 514 g/mol. The first-order valence-electron chi connectivity index (χ1n) is 12.7. The molecule has 1 aromatic carbocycles. The van der Waals surface area contributed by atoms with Crippen molar-refractivity contribution in [1.29, 1.82) is 0 Å². The Kier molecular flexibility index (Phi) is 6.50. The maximum atomic E-state index is 13.3. The van der Waals surface area contributed by atoms with Crippen LogP contribution in [0.1, 0.15) is 61.4 Å². The number of amides is 1. The molecule has 0 bridgehead atoms. The predicted molar refractivity (Wildman–Crippen MR) is 132 cm³/mol. The lowest BCUT2D eigenvalue weighted by atomic mass is 9.71. The highest BCUT2D eigenvalue weighted by atomic mass is 19.4. The fourth-order valence-electron chi connectivity index (χ4n) is 5.73. The molecular formula is C28H30F3N3O3. The Morgan fingerprint density at radius 2 is 1.84 bits per heavy atom. The molecule has 3 aromatic rings. The zero-order valence-corrected chi connectivity index (χ0v) is 20.7. The SMILES string of the molecule is CC1(C(=O)O)CCC(CC(=O)N2CCc3c(n(Cc4ccc(C(F)(F)F)cc4)c4ncccc34)C2)CC1. The molecule has 0 unspecified atom stereocenters. The van der Waals surface area contributed by atoms with E-state index < -0.39 is 23.1 Å². The minimum atomic E-state index is -4.38. The second-order valence-corrected chi connectivity index (χ2v) is 10.7. The lowest BCUT2D eigenvalue weighted by molar-refractivity contribution is -0.150. The van der Waals surface area contributed by atoms with Crippen LogP contribution in [0.3, 0.4) is 0 Å². The van der Waals surface area contributed by atoms with Gasteiger partial charge in [-0.15, -0.1) is 0 Å². The summed E-state index contributed by atoms with van der Waals surface area (Å²) in [7, 11) is 0. The van der Waals surface area contributed by atoms with Crippen LogP contribution in [-0.2, 0) is 35.3 Å². The van der Waals surface area contributed by atoms with Crippen molar-refractivity contribution in [1.82, 2.24) is 14.5 Å². The summed E-state index contributed by atoms with van der Waals surface area (Å²) in [5, 5.41) is 10.5. The van der Waals surface area contributed by atoms with Crippen LogP contribution >= 0.6 is 0 Å². The molecule has 9 heteroatoms. The second-order valence-electron chi connectivity index (χ2n) is 10.7. The van der Waals surface area contributed by atoms with E-state index in [9.17, 15) is 27.9 Å². The van der Waals surface area contributed by atoms with E-state index in [1.165, 1.54) is 12.1 Å². The summed E-state index contributed by atoms with van der Waals surface area (Å²) in [4.78, 5) is 31.2. The topological polar surface area (TPSA) is 75.4 Å². The summed E-state index contributed by atoms with van der Waals surface area (Å²) in [6, 6.07) is 9.04. The first-order chi connectivity index (χ1) is 17.5. The third-order valence-corrected chi connectivity index (χ3v) is 8.18. The highest BCUT2D eigenvalue weighted by Crippen LogP contribution is 2.40. The van der Waals surface area contributed by atoms with Gasteiger partial charge in [-0.3, -0.25) is 9.59 Å². The Labute approximate surface area is 213 Å². The van der Waals surface area contributed by atoms with Gasteiger partial charge in [-0.05, 0) is 80.3 Å². The van der Waals surface area contributed by atoms with E-state index in [0.717, 1.165) is 52.8 Å². The Morgan fingerprint density at radius 3 is 2.49 bits per heavy atom. The molecule has 0 radical (unpaired) electrons. The van der Waals surface area contributed by atoms with Crippen LogP contribution in [0.15, 0.2) is 42.6 Å². The fraction of sp³-hybridized carbons (Fsp3) is 0.464. The molecule has 1 aliphatic carbocycles. The van der Waals surface area contributed by atoms with E-state index in [2.05, 4.69) is 4.98 Å². The Morgan fingerprint density at radius 1 is 1.14 bits per heavy atom. The van der Waals surface area contributed by atoms with Gasteiger partial charge in [0.1, 0.15) is 5.65 Å². The number of carboxylic acids is 1. The smallest absolute Gasteiger partial charge is 0.416 e. The molecule has 2 aromatic heterocycles. The normalized spacial score (nSPS) is 22.2. The van der Waals surface area contributed by atoms with E-state index >= 15 is 0 Å². The third-order valence-electron chi connectivity index (χ3n) is 8.18. The number of carboxylic acid groups (broad SMARTS) is 1. The van der Waals surface area contributed by atoms with E-state index in [1.54, 1.807) is 13.1 Å². The molecule has 2 aliphatic rings. The molecule has 1 fully saturated rings. The number of carbonyl (C=O) groups is 2. The van der Waals surface area contributed by atoms with Gasteiger partial charge in [0.25, 0.3) is 0 Å². The summed E-state index contributed by atoms with van der Waals surface area (Å²) in [6.45, 7) is 3.16. The van der Waals surface area contributed by atoms with Crippen molar-refractivity contribution < 1.29 is 27.9 Å². The number of alkyl halides is 3. The molecule has 37 heavy (non-hydrogen) atoms. The summed E-state index contributed by atoms with van der Waals surface area (Å²) < 4.78 is 41.1. The van der Waals surface area contributed by atoms with Gasteiger partial charge >= 0.3 is 12.1 Å². The first kappa shape index (κ1) is 25.3. The van der Waals surface area contributed by atoms with Crippen LogP contribution in [0.2, 0.25) is 0 Å². The summed E-state index contributed by atoms with van der Waals surface area (Å²) >= 11 is 0. The van der Waals surface area contributed by atoms with Crippen LogP contribution in [0.5, 0.6) is 0 Å². The minimum Gasteiger partial charge on any atom is -0.481 e. The van der Waals surface area contributed by atoms with Crippen molar-refractivity contribution in [2.24, 2.45) is 11.3 Å². The van der Waals surface area contributed by atoms with Crippen LogP contribution in [0, 0.1) is 11.3 Å². The van der Waals surface area contributed by atoms with Gasteiger partial charge in [-0.1, -0.05) is 12.1 Å². The van der Waals surface area contributed by atoms with Crippen LogP contribution < -0.4 is 0 Å². The van der Waals surface area contributed by atoms with E-state index in [1.807, 2.05) is 21.6 Å². The number of carbonyl (C=O) groups excluding carboxylic acids is 1. The van der Waals surface area contributed by atoms with Crippen molar-refractivity contribution in [2.45, 2.75) is 64.7 Å². The van der Waals surface area contributed by atoms with Crippen molar-refractivity contribution >= 4 is 22.9 Å². The molecule has 3 heterocycles. The van der Waals surface area contributed by atoms with Crippen LogP contribution in [0.25, 0.3) is 11.0 Å².